The van der Waals surface area contributed by atoms with E-state index in [1.807, 2.05) is 0 Å². The van der Waals surface area contributed by atoms with Gasteiger partial charge in [0, 0.05) is 12.1 Å². The predicted octanol–water partition coefficient (Wildman–Crippen LogP) is 3.22. The number of halogens is 3. The first-order valence-electron chi connectivity index (χ1n) is 6.92. The molecule has 0 heterocycles. The van der Waals surface area contributed by atoms with E-state index in [0.717, 1.165) is 38.5 Å². The topological polar surface area (TPSA) is 38.0 Å². The number of alkyl halides is 3. The van der Waals surface area contributed by atoms with Gasteiger partial charge in [0.15, 0.2) is 0 Å². The van der Waals surface area contributed by atoms with Crippen LogP contribution in [-0.4, -0.2) is 24.8 Å². The summed E-state index contributed by atoms with van der Waals surface area (Å²) in [4.78, 5) is 0. The summed E-state index contributed by atoms with van der Waals surface area (Å²) >= 11 is 0. The van der Waals surface area contributed by atoms with Crippen LogP contribution in [0.4, 0.5) is 13.2 Å². The first-order valence-corrected chi connectivity index (χ1v) is 6.92. The molecule has 1 aliphatic rings. The second-order valence-electron chi connectivity index (χ2n) is 5.54. The quantitative estimate of drug-likeness (QED) is 0.750. The highest BCUT2D eigenvalue weighted by Crippen LogP contribution is 2.32. The normalized spacial score (nSPS) is 30.2. The van der Waals surface area contributed by atoms with Crippen LogP contribution in [0, 0.1) is 5.92 Å². The average molecular weight is 266 g/mol. The van der Waals surface area contributed by atoms with E-state index < -0.39 is 18.3 Å². The minimum Gasteiger partial charge on any atom is -0.329 e. The molecule has 0 saturated heterocycles. The number of nitrogens with two attached hydrogens (primary N) is 1. The van der Waals surface area contributed by atoms with E-state index in [9.17, 15) is 13.2 Å². The molecule has 1 fully saturated rings. The second kappa shape index (κ2) is 6.75. The molecule has 0 aromatic heterocycles. The zero-order valence-corrected chi connectivity index (χ0v) is 11.2. The third-order valence-corrected chi connectivity index (χ3v) is 4.05. The van der Waals surface area contributed by atoms with E-state index in [0.29, 0.717) is 12.5 Å². The van der Waals surface area contributed by atoms with Crippen LogP contribution < -0.4 is 11.1 Å². The molecule has 2 nitrogen and oxygen atoms in total. The minimum atomic E-state index is -4.16. The van der Waals surface area contributed by atoms with Crippen LogP contribution in [0.25, 0.3) is 0 Å². The van der Waals surface area contributed by atoms with Gasteiger partial charge in [-0.1, -0.05) is 32.6 Å². The lowest BCUT2D eigenvalue weighted by molar-refractivity contribution is -0.129. The summed E-state index contributed by atoms with van der Waals surface area (Å²) in [6, 6.07) is 0. The molecule has 1 rings (SSSR count). The molecule has 0 aromatic rings. The Bertz CT molecular complexity index is 243. The van der Waals surface area contributed by atoms with Gasteiger partial charge in [0.2, 0.25) is 0 Å². The van der Waals surface area contributed by atoms with Gasteiger partial charge in [-0.15, -0.1) is 0 Å². The predicted molar refractivity (Wildman–Crippen MR) is 67.3 cm³/mol. The fourth-order valence-corrected chi connectivity index (χ4v) is 2.92. The lowest BCUT2D eigenvalue weighted by atomic mass is 9.89. The summed E-state index contributed by atoms with van der Waals surface area (Å²) in [5.41, 5.74) is 5.22. The molecule has 2 unspecified atom stereocenters. The minimum absolute atomic E-state index is 0.294. The van der Waals surface area contributed by atoms with Crippen molar-refractivity contribution in [2.45, 2.75) is 63.6 Å². The van der Waals surface area contributed by atoms with Crippen LogP contribution >= 0.6 is 0 Å². The van der Waals surface area contributed by atoms with Gasteiger partial charge in [-0.05, 0) is 25.2 Å². The van der Waals surface area contributed by atoms with Gasteiger partial charge in [-0.2, -0.15) is 13.2 Å². The van der Waals surface area contributed by atoms with Crippen molar-refractivity contribution >= 4 is 0 Å². The number of hydrogen-bond acceptors (Lipinski definition) is 2. The van der Waals surface area contributed by atoms with E-state index in [4.69, 9.17) is 5.73 Å². The molecule has 0 aromatic carbocycles. The molecule has 0 spiro atoms. The van der Waals surface area contributed by atoms with Gasteiger partial charge < -0.3 is 11.1 Å². The molecule has 0 bridgehead atoms. The Morgan fingerprint density at radius 1 is 1.28 bits per heavy atom. The Labute approximate surface area is 107 Å². The summed E-state index contributed by atoms with van der Waals surface area (Å²) in [7, 11) is 0. The van der Waals surface area contributed by atoms with Crippen LogP contribution in [0.3, 0.4) is 0 Å². The molecular formula is C13H25F3N2. The highest BCUT2D eigenvalue weighted by Gasteiger charge is 2.36. The first-order chi connectivity index (χ1) is 8.41. The maximum atomic E-state index is 12.3. The third kappa shape index (κ3) is 5.14. The summed E-state index contributed by atoms with van der Waals surface area (Å²) in [6.45, 7) is 1.52. The molecule has 3 N–H and O–H groups in total. The molecule has 18 heavy (non-hydrogen) atoms. The van der Waals surface area contributed by atoms with Crippen molar-refractivity contribution in [3.63, 3.8) is 0 Å². The fraction of sp³-hybridized carbons (Fsp3) is 1.00. The Morgan fingerprint density at radius 2 is 2.00 bits per heavy atom. The standard InChI is InChI=1S/C13H25F3N2/c1-2-4-11-5-3-7-12(9-17,8-6-11)18-10-13(14,15)16/h11,18H,2-10,17H2,1H3. The summed E-state index contributed by atoms with van der Waals surface area (Å²) in [5, 5.41) is 2.68. The van der Waals surface area contributed by atoms with Gasteiger partial charge in [-0.3, -0.25) is 0 Å². The molecule has 0 amide bonds. The number of hydrogen-bond donors (Lipinski definition) is 2. The fourth-order valence-electron chi connectivity index (χ4n) is 2.92. The van der Waals surface area contributed by atoms with Crippen molar-refractivity contribution in [3.8, 4) is 0 Å². The highest BCUT2D eigenvalue weighted by molar-refractivity contribution is 4.92. The van der Waals surface area contributed by atoms with Crippen LogP contribution in [0.5, 0.6) is 0 Å². The monoisotopic (exact) mass is 266 g/mol. The molecule has 5 heteroatoms. The van der Waals surface area contributed by atoms with Gasteiger partial charge in [-0.25, -0.2) is 0 Å². The lowest BCUT2D eigenvalue weighted by Crippen LogP contribution is -2.53. The summed E-state index contributed by atoms with van der Waals surface area (Å²) < 4.78 is 36.9. The van der Waals surface area contributed by atoms with Gasteiger partial charge in [0.1, 0.15) is 0 Å². The number of nitrogens with one attached hydrogen (secondary N) is 1. The van der Waals surface area contributed by atoms with Crippen molar-refractivity contribution < 1.29 is 13.2 Å². The molecule has 0 aliphatic heterocycles. The van der Waals surface area contributed by atoms with Crippen LogP contribution in [-0.2, 0) is 0 Å². The van der Waals surface area contributed by atoms with E-state index in [-0.39, 0.29) is 0 Å². The van der Waals surface area contributed by atoms with Crippen LogP contribution in [0.2, 0.25) is 0 Å². The van der Waals surface area contributed by atoms with E-state index >= 15 is 0 Å². The highest BCUT2D eigenvalue weighted by atomic mass is 19.4. The zero-order valence-electron chi connectivity index (χ0n) is 11.2. The maximum absolute atomic E-state index is 12.3. The Kier molecular flexibility index (Phi) is 5.92. The van der Waals surface area contributed by atoms with Crippen molar-refractivity contribution in [1.29, 1.82) is 0 Å². The second-order valence-corrected chi connectivity index (χ2v) is 5.54. The first kappa shape index (κ1) is 15.8. The van der Waals surface area contributed by atoms with Crippen LogP contribution in [0.15, 0.2) is 0 Å². The van der Waals surface area contributed by atoms with E-state index in [2.05, 4.69) is 12.2 Å². The smallest absolute Gasteiger partial charge is 0.329 e. The molecular weight excluding hydrogens is 241 g/mol. The van der Waals surface area contributed by atoms with E-state index in [1.54, 1.807) is 0 Å². The van der Waals surface area contributed by atoms with Crippen molar-refractivity contribution in [1.82, 2.24) is 5.32 Å². The lowest BCUT2D eigenvalue weighted by Gasteiger charge is -2.33. The summed E-state index contributed by atoms with van der Waals surface area (Å²) in [5.74, 6) is 0.663. The SMILES string of the molecule is CCCC1CCCC(CN)(NCC(F)(F)F)CC1. The Morgan fingerprint density at radius 3 is 2.56 bits per heavy atom. The van der Waals surface area contributed by atoms with E-state index in [1.165, 1.54) is 6.42 Å². The van der Waals surface area contributed by atoms with Gasteiger partial charge in [0.05, 0.1) is 6.54 Å². The molecule has 0 radical (unpaired) electrons. The van der Waals surface area contributed by atoms with Crippen LogP contribution in [0.1, 0.15) is 51.9 Å². The maximum Gasteiger partial charge on any atom is 0.401 e. The van der Waals surface area contributed by atoms with Gasteiger partial charge in [0.25, 0.3) is 0 Å². The average Bonchev–Trinajstić information content (AvgIpc) is 2.50. The largest absolute Gasteiger partial charge is 0.401 e. The number of rotatable bonds is 5. The van der Waals surface area contributed by atoms with Crippen molar-refractivity contribution in [2.75, 3.05) is 13.1 Å². The summed E-state index contributed by atoms with van der Waals surface area (Å²) in [6.07, 6.45) is 2.81. The molecule has 1 aliphatic carbocycles. The Balaban J connectivity index is 2.53. The Hall–Kier alpha value is -0.290. The molecule has 2 atom stereocenters. The van der Waals surface area contributed by atoms with Crippen molar-refractivity contribution in [3.05, 3.63) is 0 Å². The van der Waals surface area contributed by atoms with Gasteiger partial charge >= 0.3 is 6.18 Å². The molecule has 1 saturated carbocycles. The zero-order chi connectivity index (χ0) is 13.6. The van der Waals surface area contributed by atoms with Crippen molar-refractivity contribution in [2.24, 2.45) is 11.7 Å². The molecule has 108 valence electrons. The third-order valence-electron chi connectivity index (χ3n) is 4.05.